The lowest BCUT2D eigenvalue weighted by Gasteiger charge is -2.32. The number of esters is 1. The summed E-state index contributed by atoms with van der Waals surface area (Å²) < 4.78 is 67.5. The van der Waals surface area contributed by atoms with Crippen molar-refractivity contribution in [3.8, 4) is 0 Å². The number of hydrogen-bond acceptors (Lipinski definition) is 11. The van der Waals surface area contributed by atoms with Crippen molar-refractivity contribution in [1.82, 2.24) is 9.80 Å². The van der Waals surface area contributed by atoms with Crippen molar-refractivity contribution in [3.63, 3.8) is 0 Å². The van der Waals surface area contributed by atoms with Crippen LogP contribution in [0.1, 0.15) is 21.5 Å². The third kappa shape index (κ3) is 10.2. The highest BCUT2D eigenvalue weighted by Gasteiger charge is 2.30. The summed E-state index contributed by atoms with van der Waals surface area (Å²) in [6, 6.07) is 29.7. The Bertz CT molecular complexity index is 2560. The van der Waals surface area contributed by atoms with Crippen molar-refractivity contribution < 1.29 is 50.5 Å². The first-order valence-corrected chi connectivity index (χ1v) is 20.8. The zero-order valence-corrected chi connectivity index (χ0v) is 33.9. The van der Waals surface area contributed by atoms with Gasteiger partial charge in [-0.1, -0.05) is 60.7 Å². The van der Waals surface area contributed by atoms with Crippen molar-refractivity contribution in [2.24, 2.45) is 0 Å². The Morgan fingerprint density at radius 2 is 1.36 bits per heavy atom. The fraction of sp³-hybridized carbons (Fsp3) is 0.195. The van der Waals surface area contributed by atoms with Crippen LogP contribution in [0.3, 0.4) is 0 Å². The topological polar surface area (TPSA) is 234 Å². The molecule has 2 heterocycles. The normalized spacial score (nSPS) is 15.2. The fourth-order valence-corrected chi connectivity index (χ4v) is 8.02. The number of carbonyl (C=O) groups is 3. The average molecular weight is 846 g/mol. The minimum absolute atomic E-state index is 0. The summed E-state index contributed by atoms with van der Waals surface area (Å²) in [6.45, 7) is 4.09. The number of piperazine rings is 1. The van der Waals surface area contributed by atoms with Gasteiger partial charge in [0.25, 0.3) is 26.1 Å². The highest BCUT2D eigenvalue weighted by Crippen LogP contribution is 2.38. The minimum Gasteiger partial charge on any atom is -0.465 e. The van der Waals surface area contributed by atoms with E-state index in [1.165, 1.54) is 31.4 Å². The number of nitrogens with one attached hydrogen (secondary N) is 2. The van der Waals surface area contributed by atoms with E-state index in [2.05, 4.69) is 27.5 Å². The molecular weight excluding hydrogens is 803 g/mol. The molecular formula is C41H43N5O11S2. The summed E-state index contributed by atoms with van der Waals surface area (Å²) in [5, 5.41) is 6.36. The highest BCUT2D eigenvalue weighted by molar-refractivity contribution is 7.86. The molecule has 0 spiro atoms. The minimum atomic E-state index is -4.47. The van der Waals surface area contributed by atoms with Gasteiger partial charge in [0.15, 0.2) is 0 Å². The van der Waals surface area contributed by atoms with Crippen molar-refractivity contribution in [3.05, 3.63) is 126 Å². The van der Waals surface area contributed by atoms with Crippen molar-refractivity contribution >= 4 is 77.1 Å². The standard InChI is InChI=1S/C31H33N5O4.C10H8O6S2.H2O/c1-34-15-17-36(18-16-34)20-27(37)35(2)24-12-10-23(11-13-24)32-29(21-7-5-4-6-8-21)28-25-14-9-22(31(39)40-3)19-26(25)33-30(28)38;11-17(12,13)9-5-1-3-7-8(9)4-2-6-10(7)18(14,15)16;/h4-14,19,32H,15-18,20H2,1-3H3,(H,33,38);1-6H,(H,11,12,13)(H,14,15,16);1H2. The van der Waals surface area contributed by atoms with E-state index in [9.17, 15) is 31.2 Å². The van der Waals surface area contributed by atoms with Crippen LogP contribution in [0.5, 0.6) is 0 Å². The second kappa shape index (κ2) is 18.3. The highest BCUT2D eigenvalue weighted by atomic mass is 32.2. The molecule has 1 fully saturated rings. The molecule has 0 saturated carbocycles. The summed E-state index contributed by atoms with van der Waals surface area (Å²) in [7, 11) is -3.73. The van der Waals surface area contributed by atoms with Crippen LogP contribution in [0.4, 0.5) is 17.1 Å². The van der Waals surface area contributed by atoms with Gasteiger partial charge in [-0.2, -0.15) is 16.8 Å². The van der Waals surface area contributed by atoms with Gasteiger partial charge in [0.05, 0.1) is 36.2 Å². The molecule has 0 unspecified atom stereocenters. The number of fused-ring (bicyclic) bond motifs is 2. The van der Waals surface area contributed by atoms with Crippen molar-refractivity contribution in [2.75, 3.05) is 69.5 Å². The van der Waals surface area contributed by atoms with E-state index in [-0.39, 0.29) is 28.1 Å². The molecule has 0 aromatic heterocycles. The second-order valence-electron chi connectivity index (χ2n) is 13.6. The number of carbonyl (C=O) groups excluding carboxylic acids is 3. The molecule has 5 aromatic carbocycles. The van der Waals surface area contributed by atoms with E-state index >= 15 is 0 Å². The van der Waals surface area contributed by atoms with Crippen molar-refractivity contribution in [2.45, 2.75) is 9.79 Å². The molecule has 59 heavy (non-hydrogen) atoms. The molecule has 2 aliphatic heterocycles. The zero-order valence-electron chi connectivity index (χ0n) is 32.2. The third-order valence-corrected chi connectivity index (χ3v) is 11.6. The lowest BCUT2D eigenvalue weighted by Crippen LogP contribution is -2.48. The number of rotatable bonds is 9. The predicted molar refractivity (Wildman–Crippen MR) is 224 cm³/mol. The summed E-state index contributed by atoms with van der Waals surface area (Å²) in [6.07, 6.45) is 0. The largest absolute Gasteiger partial charge is 0.465 e. The van der Waals surface area contributed by atoms with Gasteiger partial charge >= 0.3 is 5.97 Å². The van der Waals surface area contributed by atoms with Gasteiger partial charge in [-0.15, -0.1) is 0 Å². The number of nitrogens with zero attached hydrogens (tertiary/aromatic N) is 3. The van der Waals surface area contributed by atoms with Crippen LogP contribution in [0.2, 0.25) is 0 Å². The number of anilines is 3. The first-order valence-electron chi connectivity index (χ1n) is 17.9. The molecule has 16 nitrogen and oxygen atoms in total. The molecule has 2 aliphatic rings. The molecule has 6 N–H and O–H groups in total. The molecule has 7 rings (SSSR count). The van der Waals surface area contributed by atoms with Gasteiger partial charge in [0.1, 0.15) is 9.79 Å². The van der Waals surface area contributed by atoms with Crippen LogP contribution in [-0.2, 0) is 34.6 Å². The quantitative estimate of drug-likeness (QED) is 0.0930. The van der Waals surface area contributed by atoms with Crippen LogP contribution in [-0.4, -0.2) is 113 Å². The Balaban J connectivity index is 0.000000292. The van der Waals surface area contributed by atoms with Crippen LogP contribution in [0, 0.1) is 0 Å². The Hall–Kier alpha value is -5.99. The summed E-state index contributed by atoms with van der Waals surface area (Å²) in [5.41, 5.74) is 5.10. The van der Waals surface area contributed by atoms with E-state index in [0.717, 1.165) is 55.2 Å². The fourth-order valence-electron chi connectivity index (χ4n) is 6.61. The predicted octanol–water partition coefficient (Wildman–Crippen LogP) is 4.12. The molecule has 5 aromatic rings. The van der Waals surface area contributed by atoms with Gasteiger partial charge < -0.3 is 30.6 Å². The molecule has 0 aliphatic carbocycles. The number of methoxy groups -OCH3 is 1. The number of hydrogen-bond donors (Lipinski definition) is 4. The van der Waals surface area contributed by atoms with E-state index in [1.54, 1.807) is 30.1 Å². The molecule has 310 valence electrons. The monoisotopic (exact) mass is 845 g/mol. The lowest BCUT2D eigenvalue weighted by molar-refractivity contribution is -0.119. The Morgan fingerprint density at radius 3 is 1.90 bits per heavy atom. The summed E-state index contributed by atoms with van der Waals surface area (Å²) >= 11 is 0. The van der Waals surface area contributed by atoms with Crippen LogP contribution < -0.4 is 15.5 Å². The van der Waals surface area contributed by atoms with Gasteiger partial charge in [0, 0.05) is 60.9 Å². The second-order valence-corrected chi connectivity index (χ2v) is 16.4. The van der Waals surface area contributed by atoms with E-state index in [0.29, 0.717) is 34.6 Å². The molecule has 1 saturated heterocycles. The van der Waals surface area contributed by atoms with Crippen LogP contribution in [0.25, 0.3) is 22.0 Å². The molecule has 18 heteroatoms. The summed E-state index contributed by atoms with van der Waals surface area (Å²) in [4.78, 5) is 43.5. The van der Waals surface area contributed by atoms with Crippen LogP contribution >= 0.6 is 0 Å². The zero-order chi connectivity index (χ0) is 41.8. The van der Waals surface area contributed by atoms with Gasteiger partial charge in [-0.3, -0.25) is 23.6 Å². The maximum Gasteiger partial charge on any atom is 0.337 e. The maximum atomic E-state index is 13.2. The van der Waals surface area contributed by atoms with Gasteiger partial charge in [0.2, 0.25) is 5.91 Å². The van der Waals surface area contributed by atoms with Gasteiger partial charge in [-0.25, -0.2) is 4.79 Å². The Kier molecular flexibility index (Phi) is 13.7. The maximum absolute atomic E-state index is 13.2. The smallest absolute Gasteiger partial charge is 0.337 e. The Morgan fingerprint density at radius 1 is 0.780 bits per heavy atom. The van der Waals surface area contributed by atoms with Gasteiger partial charge in [-0.05, 0) is 61.1 Å². The number of likely N-dealkylation sites (N-methyl/N-ethyl adjacent to an activating group) is 2. The SMILES string of the molecule is COC(=O)c1ccc2c(c1)NC(=O)C2=C(Nc1ccc(N(C)C(=O)CN2CCN(C)CC2)cc1)c1ccccc1.O.O=S(=O)(O)c1cccc2c(S(=O)(=O)O)cccc12. The third-order valence-electron chi connectivity index (χ3n) is 9.75. The number of amides is 2. The molecule has 0 bridgehead atoms. The Labute approximate surface area is 341 Å². The first kappa shape index (κ1) is 44.1. The van der Waals surface area contributed by atoms with E-state index < -0.39 is 36.0 Å². The average Bonchev–Trinajstić information content (AvgIpc) is 3.54. The first-order chi connectivity index (χ1) is 27.5. The van der Waals surface area contributed by atoms with E-state index in [1.807, 2.05) is 54.6 Å². The van der Waals surface area contributed by atoms with Crippen molar-refractivity contribution in [1.29, 1.82) is 0 Å². The molecule has 0 atom stereocenters. The lowest BCUT2D eigenvalue weighted by atomic mass is 9.99. The number of benzene rings is 5. The van der Waals surface area contributed by atoms with E-state index in [4.69, 9.17) is 13.8 Å². The molecule has 2 amide bonds. The molecule has 0 radical (unpaired) electrons. The summed E-state index contributed by atoms with van der Waals surface area (Å²) in [5.74, 6) is -0.694. The van der Waals surface area contributed by atoms with Crippen LogP contribution in [0.15, 0.2) is 119 Å². The number of ether oxygens (including phenoxy) is 1.